The third-order valence-corrected chi connectivity index (χ3v) is 4.14. The summed E-state index contributed by atoms with van der Waals surface area (Å²) in [6.07, 6.45) is 0. The Morgan fingerprint density at radius 1 is 0.885 bits per heavy atom. The molecule has 0 radical (unpaired) electrons. The summed E-state index contributed by atoms with van der Waals surface area (Å²) in [6.45, 7) is 1.46. The van der Waals surface area contributed by atoms with Crippen molar-refractivity contribution in [2.24, 2.45) is 0 Å². The minimum absolute atomic E-state index is 0.0802. The Morgan fingerprint density at radius 3 is 2.38 bits per heavy atom. The van der Waals surface area contributed by atoms with E-state index in [1.807, 2.05) is 0 Å². The first-order chi connectivity index (χ1) is 12.4. The number of anilines is 1. The van der Waals surface area contributed by atoms with Gasteiger partial charge in [0.1, 0.15) is 23.1 Å². The van der Waals surface area contributed by atoms with Crippen LogP contribution in [0.15, 0.2) is 48.5 Å². The predicted octanol–water partition coefficient (Wildman–Crippen LogP) is 5.54. The molecule has 2 nitrogen and oxygen atoms in total. The van der Waals surface area contributed by atoms with Gasteiger partial charge in [-0.15, -0.1) is 0 Å². The van der Waals surface area contributed by atoms with Crippen LogP contribution in [0, 0.1) is 30.2 Å². The lowest BCUT2D eigenvalue weighted by Crippen LogP contribution is -2.06. The molecule has 2 N–H and O–H groups in total. The van der Waals surface area contributed by atoms with Gasteiger partial charge in [0.2, 0.25) is 0 Å². The zero-order valence-electron chi connectivity index (χ0n) is 13.8. The third-order valence-electron chi connectivity index (χ3n) is 4.14. The van der Waals surface area contributed by atoms with Crippen LogP contribution in [-0.4, -0.2) is 5.11 Å². The molecule has 3 aromatic carbocycles. The van der Waals surface area contributed by atoms with Crippen LogP contribution in [0.25, 0.3) is 11.1 Å². The minimum atomic E-state index is -1.12. The summed E-state index contributed by atoms with van der Waals surface area (Å²) in [6, 6.07) is 10.4. The van der Waals surface area contributed by atoms with Gasteiger partial charge in [-0.2, -0.15) is 0 Å². The molecule has 0 saturated carbocycles. The Hall–Kier alpha value is -3.02. The van der Waals surface area contributed by atoms with Crippen molar-refractivity contribution >= 4 is 5.69 Å². The van der Waals surface area contributed by atoms with Gasteiger partial charge in [-0.25, -0.2) is 17.6 Å². The molecule has 6 heteroatoms. The normalized spacial score (nSPS) is 10.8. The van der Waals surface area contributed by atoms with Crippen molar-refractivity contribution < 1.29 is 22.7 Å². The molecule has 0 aliphatic rings. The van der Waals surface area contributed by atoms with E-state index in [2.05, 4.69) is 5.32 Å². The number of phenols is 1. The number of hydrogen-bond donors (Lipinski definition) is 2. The Bertz CT molecular complexity index is 972. The fourth-order valence-electron chi connectivity index (χ4n) is 2.64. The lowest BCUT2D eigenvalue weighted by Gasteiger charge is -2.14. The number of phenolic OH excluding ortho intramolecular Hbond substituents is 1. The summed E-state index contributed by atoms with van der Waals surface area (Å²) in [5, 5.41) is 11.9. The first-order valence-corrected chi connectivity index (χ1v) is 7.82. The maximum atomic E-state index is 14.3. The Labute approximate surface area is 147 Å². The van der Waals surface area contributed by atoms with Crippen molar-refractivity contribution in [1.82, 2.24) is 0 Å². The molecule has 0 amide bonds. The van der Waals surface area contributed by atoms with E-state index in [0.29, 0.717) is 22.3 Å². The molecule has 0 unspecified atom stereocenters. The van der Waals surface area contributed by atoms with Gasteiger partial charge in [0.15, 0.2) is 11.6 Å². The zero-order valence-corrected chi connectivity index (χ0v) is 13.8. The van der Waals surface area contributed by atoms with Crippen LogP contribution in [-0.2, 0) is 6.54 Å². The monoisotopic (exact) mass is 361 g/mol. The molecule has 0 aliphatic carbocycles. The van der Waals surface area contributed by atoms with Crippen LogP contribution in [0.3, 0.4) is 0 Å². The van der Waals surface area contributed by atoms with E-state index >= 15 is 0 Å². The summed E-state index contributed by atoms with van der Waals surface area (Å²) in [7, 11) is 0. The van der Waals surface area contributed by atoms with Gasteiger partial charge in [-0.1, -0.05) is 12.1 Å². The van der Waals surface area contributed by atoms with E-state index in [9.17, 15) is 22.7 Å². The van der Waals surface area contributed by atoms with Crippen molar-refractivity contribution in [2.45, 2.75) is 13.5 Å². The molecule has 26 heavy (non-hydrogen) atoms. The van der Waals surface area contributed by atoms with Gasteiger partial charge < -0.3 is 10.4 Å². The molecule has 0 heterocycles. The van der Waals surface area contributed by atoms with Crippen LogP contribution < -0.4 is 5.32 Å². The molecule has 0 bridgehead atoms. The molecule has 3 rings (SSSR count). The Balaban J connectivity index is 1.95. The molecular weight excluding hydrogens is 346 g/mol. The third kappa shape index (κ3) is 3.49. The first kappa shape index (κ1) is 17.8. The van der Waals surface area contributed by atoms with Crippen molar-refractivity contribution in [2.75, 3.05) is 5.32 Å². The summed E-state index contributed by atoms with van der Waals surface area (Å²) < 4.78 is 55.3. The molecular formula is C20H15F4NO. The van der Waals surface area contributed by atoms with E-state index in [1.54, 1.807) is 12.1 Å². The summed E-state index contributed by atoms with van der Waals surface area (Å²) in [5.41, 5.74) is 1.19. The van der Waals surface area contributed by atoms with E-state index in [0.717, 1.165) is 12.1 Å². The number of rotatable bonds is 4. The molecule has 0 fully saturated rings. The van der Waals surface area contributed by atoms with E-state index < -0.39 is 34.7 Å². The van der Waals surface area contributed by atoms with Crippen molar-refractivity contribution in [3.8, 4) is 16.9 Å². The van der Waals surface area contributed by atoms with E-state index in [1.165, 1.54) is 31.2 Å². The van der Waals surface area contributed by atoms with Crippen LogP contribution >= 0.6 is 0 Å². The second-order valence-electron chi connectivity index (χ2n) is 5.86. The molecule has 0 saturated heterocycles. The average molecular weight is 361 g/mol. The van der Waals surface area contributed by atoms with Gasteiger partial charge in [-0.05, 0) is 65.6 Å². The van der Waals surface area contributed by atoms with E-state index in [-0.39, 0.29) is 6.54 Å². The molecule has 3 aromatic rings. The van der Waals surface area contributed by atoms with Crippen molar-refractivity contribution in [3.05, 3.63) is 82.9 Å². The summed E-state index contributed by atoms with van der Waals surface area (Å²) >= 11 is 0. The Kier molecular flexibility index (Phi) is 4.84. The van der Waals surface area contributed by atoms with E-state index in [4.69, 9.17) is 0 Å². The maximum absolute atomic E-state index is 14.3. The maximum Gasteiger partial charge on any atom is 0.190 e. The highest BCUT2D eigenvalue weighted by atomic mass is 19.1. The number of benzene rings is 3. The minimum Gasteiger partial charge on any atom is -0.505 e. The van der Waals surface area contributed by atoms with Crippen molar-refractivity contribution in [3.63, 3.8) is 0 Å². The highest BCUT2D eigenvalue weighted by Gasteiger charge is 2.15. The SMILES string of the molecule is Cc1c(F)cc(-c2cccc(F)c2)cc1CNc1c(F)ccc(O)c1F. The fourth-order valence-corrected chi connectivity index (χ4v) is 2.64. The highest BCUT2D eigenvalue weighted by Crippen LogP contribution is 2.29. The fraction of sp³-hybridized carbons (Fsp3) is 0.100. The number of aromatic hydroxyl groups is 1. The van der Waals surface area contributed by atoms with Crippen LogP contribution in [0.4, 0.5) is 23.2 Å². The quantitative estimate of drug-likeness (QED) is 0.599. The first-order valence-electron chi connectivity index (χ1n) is 7.82. The number of nitrogens with one attached hydrogen (secondary N) is 1. The summed E-state index contributed by atoms with van der Waals surface area (Å²) in [4.78, 5) is 0. The highest BCUT2D eigenvalue weighted by molar-refractivity contribution is 5.65. The summed E-state index contributed by atoms with van der Waals surface area (Å²) in [5.74, 6) is -3.65. The standard InChI is InChI=1S/C20H15F4NO/c1-11-14(10-25-20-16(22)5-6-18(26)19(20)24)7-13(9-17(11)23)12-3-2-4-15(21)8-12/h2-9,25-26H,10H2,1H3. The number of halogens is 4. The van der Waals surface area contributed by atoms with Gasteiger partial charge in [0.05, 0.1) is 0 Å². The Morgan fingerprint density at radius 2 is 1.65 bits per heavy atom. The lowest BCUT2D eigenvalue weighted by molar-refractivity contribution is 0.429. The van der Waals surface area contributed by atoms with Crippen molar-refractivity contribution in [1.29, 1.82) is 0 Å². The van der Waals surface area contributed by atoms with Crippen LogP contribution in [0.5, 0.6) is 5.75 Å². The molecule has 0 aliphatic heterocycles. The van der Waals surface area contributed by atoms with Crippen LogP contribution in [0.2, 0.25) is 0 Å². The average Bonchev–Trinajstić information content (AvgIpc) is 2.61. The van der Waals surface area contributed by atoms with Gasteiger partial charge in [-0.3, -0.25) is 0 Å². The molecule has 134 valence electrons. The smallest absolute Gasteiger partial charge is 0.190 e. The van der Waals surface area contributed by atoms with Gasteiger partial charge in [0.25, 0.3) is 0 Å². The second-order valence-corrected chi connectivity index (χ2v) is 5.86. The largest absolute Gasteiger partial charge is 0.505 e. The zero-order chi connectivity index (χ0) is 18.8. The molecule has 0 aromatic heterocycles. The second kappa shape index (κ2) is 7.07. The molecule has 0 spiro atoms. The predicted molar refractivity (Wildman–Crippen MR) is 91.9 cm³/mol. The van der Waals surface area contributed by atoms with Crippen LogP contribution in [0.1, 0.15) is 11.1 Å². The topological polar surface area (TPSA) is 32.3 Å². The lowest BCUT2D eigenvalue weighted by atomic mass is 9.99. The van der Waals surface area contributed by atoms with Gasteiger partial charge in [0, 0.05) is 6.54 Å². The number of hydrogen-bond acceptors (Lipinski definition) is 2. The molecule has 0 atom stereocenters. The van der Waals surface area contributed by atoms with Gasteiger partial charge >= 0.3 is 0 Å².